The molecule has 0 saturated carbocycles. The van der Waals surface area contributed by atoms with Crippen molar-refractivity contribution in [3.63, 3.8) is 0 Å². The van der Waals surface area contributed by atoms with Gasteiger partial charge in [-0.3, -0.25) is 0 Å². The summed E-state index contributed by atoms with van der Waals surface area (Å²) in [5.74, 6) is 0. The van der Waals surface area contributed by atoms with Gasteiger partial charge < -0.3 is 10.5 Å². The van der Waals surface area contributed by atoms with Crippen LogP contribution >= 0.6 is 11.6 Å². The van der Waals surface area contributed by atoms with Crippen molar-refractivity contribution < 1.29 is 4.74 Å². The highest BCUT2D eigenvalue weighted by molar-refractivity contribution is 6.30. The SMILES string of the molecule is C[C@H]1OC(N)=N[C@H]1CCCc1ccc(Cl)cc1. The van der Waals surface area contributed by atoms with E-state index in [1.807, 2.05) is 19.1 Å². The van der Waals surface area contributed by atoms with Crippen molar-refractivity contribution in [3.8, 4) is 0 Å². The molecule has 0 aliphatic carbocycles. The molecule has 0 spiro atoms. The van der Waals surface area contributed by atoms with E-state index in [9.17, 15) is 0 Å². The van der Waals surface area contributed by atoms with Gasteiger partial charge in [0.05, 0.1) is 6.04 Å². The first-order valence-electron chi connectivity index (χ1n) is 5.89. The Labute approximate surface area is 107 Å². The zero-order valence-corrected chi connectivity index (χ0v) is 10.7. The summed E-state index contributed by atoms with van der Waals surface area (Å²) in [7, 11) is 0. The van der Waals surface area contributed by atoms with Gasteiger partial charge in [-0.1, -0.05) is 23.7 Å². The van der Waals surface area contributed by atoms with Gasteiger partial charge in [-0.05, 0) is 43.9 Å². The Hall–Kier alpha value is -1.22. The molecule has 0 saturated heterocycles. The number of nitrogens with zero attached hydrogens (tertiary/aromatic N) is 1. The topological polar surface area (TPSA) is 47.6 Å². The second kappa shape index (κ2) is 5.41. The third kappa shape index (κ3) is 3.37. The van der Waals surface area contributed by atoms with Crippen LogP contribution in [0.3, 0.4) is 0 Å². The van der Waals surface area contributed by atoms with Crippen molar-refractivity contribution in [3.05, 3.63) is 34.9 Å². The lowest BCUT2D eigenvalue weighted by molar-refractivity contribution is 0.204. The van der Waals surface area contributed by atoms with E-state index >= 15 is 0 Å². The summed E-state index contributed by atoms with van der Waals surface area (Å²) < 4.78 is 5.30. The Bertz CT molecular complexity index is 402. The smallest absolute Gasteiger partial charge is 0.282 e. The summed E-state index contributed by atoms with van der Waals surface area (Å²) >= 11 is 5.84. The minimum atomic E-state index is 0.111. The molecule has 1 aliphatic heterocycles. The quantitative estimate of drug-likeness (QED) is 0.896. The Balaban J connectivity index is 1.78. The lowest BCUT2D eigenvalue weighted by atomic mass is 10.0. The summed E-state index contributed by atoms with van der Waals surface area (Å²) in [4.78, 5) is 4.27. The van der Waals surface area contributed by atoms with E-state index in [-0.39, 0.29) is 12.1 Å². The normalized spacial score (nSPS) is 23.3. The van der Waals surface area contributed by atoms with Crippen molar-refractivity contribution >= 4 is 17.6 Å². The Morgan fingerprint density at radius 1 is 1.35 bits per heavy atom. The third-order valence-electron chi connectivity index (χ3n) is 3.02. The molecular formula is C13H17ClN2O. The number of hydrogen-bond acceptors (Lipinski definition) is 3. The maximum atomic E-state index is 5.84. The van der Waals surface area contributed by atoms with Crippen molar-refractivity contribution in [1.82, 2.24) is 0 Å². The second-order valence-corrected chi connectivity index (χ2v) is 4.81. The van der Waals surface area contributed by atoms with Crippen LogP contribution in [0.5, 0.6) is 0 Å². The molecule has 17 heavy (non-hydrogen) atoms. The molecule has 2 N–H and O–H groups in total. The molecule has 1 aromatic carbocycles. The van der Waals surface area contributed by atoms with Crippen LogP contribution in [0, 0.1) is 0 Å². The molecule has 1 aliphatic rings. The Kier molecular flexibility index (Phi) is 3.89. The van der Waals surface area contributed by atoms with Crippen molar-refractivity contribution in [1.29, 1.82) is 0 Å². The molecule has 2 atom stereocenters. The average molecular weight is 253 g/mol. The zero-order valence-electron chi connectivity index (χ0n) is 9.90. The minimum Gasteiger partial charge on any atom is -0.460 e. The number of benzene rings is 1. The highest BCUT2D eigenvalue weighted by atomic mass is 35.5. The molecule has 2 rings (SSSR count). The number of rotatable bonds is 4. The summed E-state index contributed by atoms with van der Waals surface area (Å²) in [6.45, 7) is 2.01. The van der Waals surface area contributed by atoms with Crippen LogP contribution < -0.4 is 5.73 Å². The fraction of sp³-hybridized carbons (Fsp3) is 0.462. The fourth-order valence-corrected chi connectivity index (χ4v) is 2.16. The van der Waals surface area contributed by atoms with Crippen LogP contribution in [0.15, 0.2) is 29.3 Å². The van der Waals surface area contributed by atoms with Crippen LogP contribution in [-0.4, -0.2) is 18.2 Å². The predicted octanol–water partition coefficient (Wildman–Crippen LogP) is 2.76. The zero-order chi connectivity index (χ0) is 12.3. The average Bonchev–Trinajstić information content (AvgIpc) is 2.60. The fourth-order valence-electron chi connectivity index (χ4n) is 2.03. The van der Waals surface area contributed by atoms with Crippen molar-refractivity contribution in [2.24, 2.45) is 10.7 Å². The van der Waals surface area contributed by atoms with Gasteiger partial charge in [0, 0.05) is 5.02 Å². The lowest BCUT2D eigenvalue weighted by Gasteiger charge is -2.11. The van der Waals surface area contributed by atoms with Gasteiger partial charge in [-0.2, -0.15) is 0 Å². The van der Waals surface area contributed by atoms with Gasteiger partial charge in [0.15, 0.2) is 0 Å². The first-order chi connectivity index (χ1) is 8.15. The van der Waals surface area contributed by atoms with Gasteiger partial charge in [0.2, 0.25) is 0 Å². The lowest BCUT2D eigenvalue weighted by Crippen LogP contribution is -2.20. The standard InChI is InChI=1S/C13H17ClN2O/c1-9-12(16-13(15)17-9)4-2-3-10-5-7-11(14)8-6-10/h5-9,12H,2-4H2,1H3,(H2,15,16)/t9-,12+/m1/s1. The Morgan fingerprint density at radius 3 is 2.65 bits per heavy atom. The number of aryl methyl sites for hydroxylation is 1. The first kappa shape index (κ1) is 12.2. The van der Waals surface area contributed by atoms with Gasteiger partial charge >= 0.3 is 0 Å². The monoisotopic (exact) mass is 252 g/mol. The molecule has 0 aromatic heterocycles. The molecule has 1 heterocycles. The Morgan fingerprint density at radius 2 is 2.06 bits per heavy atom. The van der Waals surface area contributed by atoms with Crippen molar-refractivity contribution in [2.45, 2.75) is 38.3 Å². The number of halogens is 1. The van der Waals surface area contributed by atoms with Crippen LogP contribution in [0.4, 0.5) is 0 Å². The molecule has 4 heteroatoms. The van der Waals surface area contributed by atoms with E-state index in [1.165, 1.54) is 5.56 Å². The van der Waals surface area contributed by atoms with E-state index in [0.717, 1.165) is 24.3 Å². The summed E-state index contributed by atoms with van der Waals surface area (Å²) in [6, 6.07) is 8.52. The molecule has 0 amide bonds. The van der Waals surface area contributed by atoms with E-state index in [1.54, 1.807) is 0 Å². The first-order valence-corrected chi connectivity index (χ1v) is 6.27. The van der Waals surface area contributed by atoms with Gasteiger partial charge in [0.25, 0.3) is 6.02 Å². The molecular weight excluding hydrogens is 236 g/mol. The number of nitrogens with two attached hydrogens (primary N) is 1. The van der Waals surface area contributed by atoms with Crippen LogP contribution in [0.2, 0.25) is 5.02 Å². The van der Waals surface area contributed by atoms with Gasteiger partial charge in [0.1, 0.15) is 6.10 Å². The summed E-state index contributed by atoms with van der Waals surface area (Å²) in [5, 5.41) is 0.781. The molecule has 0 unspecified atom stereocenters. The van der Waals surface area contributed by atoms with Crippen LogP contribution in [0.25, 0.3) is 0 Å². The third-order valence-corrected chi connectivity index (χ3v) is 3.27. The largest absolute Gasteiger partial charge is 0.460 e. The minimum absolute atomic E-state index is 0.111. The number of aliphatic imine (C=N–C) groups is 1. The van der Waals surface area contributed by atoms with E-state index in [0.29, 0.717) is 6.02 Å². The summed E-state index contributed by atoms with van der Waals surface area (Å²) in [5.41, 5.74) is 6.83. The molecule has 0 fully saturated rings. The van der Waals surface area contributed by atoms with E-state index < -0.39 is 0 Å². The maximum Gasteiger partial charge on any atom is 0.282 e. The predicted molar refractivity (Wildman–Crippen MR) is 70.3 cm³/mol. The van der Waals surface area contributed by atoms with Gasteiger partial charge in [-0.25, -0.2) is 4.99 Å². The molecule has 1 aromatic rings. The van der Waals surface area contributed by atoms with Crippen molar-refractivity contribution in [2.75, 3.05) is 0 Å². The maximum absolute atomic E-state index is 5.84. The summed E-state index contributed by atoms with van der Waals surface area (Å²) in [6.07, 6.45) is 3.23. The number of ether oxygens (including phenoxy) is 1. The molecule has 3 nitrogen and oxygen atoms in total. The van der Waals surface area contributed by atoms with Crippen LogP contribution in [-0.2, 0) is 11.2 Å². The molecule has 0 bridgehead atoms. The second-order valence-electron chi connectivity index (χ2n) is 4.38. The van der Waals surface area contributed by atoms with E-state index in [2.05, 4.69) is 17.1 Å². The highest BCUT2D eigenvalue weighted by Gasteiger charge is 2.24. The highest BCUT2D eigenvalue weighted by Crippen LogP contribution is 2.18. The number of amidine groups is 1. The molecule has 92 valence electrons. The van der Waals surface area contributed by atoms with E-state index in [4.69, 9.17) is 22.1 Å². The number of hydrogen-bond donors (Lipinski definition) is 1. The van der Waals surface area contributed by atoms with Crippen LogP contribution in [0.1, 0.15) is 25.3 Å². The molecule has 0 radical (unpaired) electrons. The van der Waals surface area contributed by atoms with Gasteiger partial charge in [-0.15, -0.1) is 0 Å².